The molecule has 4 nitrogen and oxygen atoms in total. The lowest BCUT2D eigenvalue weighted by molar-refractivity contribution is -0.138. The van der Waals surface area contributed by atoms with E-state index in [1.165, 1.54) is 48.6 Å². The van der Waals surface area contributed by atoms with Crippen LogP contribution in [0.15, 0.2) is 72.8 Å². The van der Waals surface area contributed by atoms with Crippen LogP contribution in [0.5, 0.6) is 17.2 Å². The van der Waals surface area contributed by atoms with Crippen LogP contribution in [-0.2, 0) is 12.4 Å². The second-order valence-corrected chi connectivity index (χ2v) is 6.93. The molecular formula is C24H16F6O4. The number of carboxylic acid groups (broad SMARTS) is 1. The summed E-state index contributed by atoms with van der Waals surface area (Å²) < 4.78 is 88.3. The summed E-state index contributed by atoms with van der Waals surface area (Å²) in [6.45, 7) is -0.214. The van der Waals surface area contributed by atoms with Gasteiger partial charge in [-0.3, -0.25) is 0 Å². The Kier molecular flexibility index (Phi) is 7.19. The van der Waals surface area contributed by atoms with Crippen LogP contribution in [0.3, 0.4) is 0 Å². The second kappa shape index (κ2) is 9.90. The molecule has 10 heteroatoms. The number of hydrogen-bond donors (Lipinski definition) is 1. The van der Waals surface area contributed by atoms with Crippen LogP contribution in [-0.4, -0.2) is 17.7 Å². The van der Waals surface area contributed by atoms with Crippen molar-refractivity contribution in [3.63, 3.8) is 0 Å². The van der Waals surface area contributed by atoms with Gasteiger partial charge in [0.2, 0.25) is 0 Å². The minimum atomic E-state index is -4.64. The normalized spacial score (nSPS) is 12.1. The molecule has 178 valence electrons. The Balaban J connectivity index is 1.78. The molecule has 0 bridgehead atoms. The first kappa shape index (κ1) is 24.7. The highest BCUT2D eigenvalue weighted by molar-refractivity contribution is 5.88. The molecule has 0 aliphatic rings. The molecule has 0 aliphatic carbocycles. The van der Waals surface area contributed by atoms with Crippen LogP contribution in [0.4, 0.5) is 26.3 Å². The van der Waals surface area contributed by atoms with Gasteiger partial charge in [0, 0.05) is 0 Å². The van der Waals surface area contributed by atoms with Crippen molar-refractivity contribution >= 4 is 12.0 Å². The smallest absolute Gasteiger partial charge is 0.416 e. The minimum Gasteiger partial charge on any atom is -0.486 e. The predicted octanol–water partition coefficient (Wildman–Crippen LogP) is 7.31. The molecular weight excluding hydrogens is 466 g/mol. The lowest BCUT2D eigenvalue weighted by atomic mass is 10.1. The number of carbonyl (C=O) groups is 1. The molecule has 34 heavy (non-hydrogen) atoms. The van der Waals surface area contributed by atoms with Gasteiger partial charge < -0.3 is 14.6 Å². The van der Waals surface area contributed by atoms with Crippen molar-refractivity contribution in [1.29, 1.82) is 0 Å². The predicted molar refractivity (Wildman–Crippen MR) is 111 cm³/mol. The number of rotatable bonds is 7. The van der Waals surface area contributed by atoms with Gasteiger partial charge in [0.15, 0.2) is 11.5 Å². The second-order valence-electron chi connectivity index (χ2n) is 6.93. The van der Waals surface area contributed by atoms with Gasteiger partial charge >= 0.3 is 18.3 Å². The number of halogens is 6. The van der Waals surface area contributed by atoms with E-state index in [1.807, 2.05) is 0 Å². The molecule has 3 rings (SSSR count). The fourth-order valence-corrected chi connectivity index (χ4v) is 2.81. The molecule has 0 aromatic heterocycles. The first-order valence-electron chi connectivity index (χ1n) is 9.62. The molecule has 0 saturated carbocycles. The molecule has 0 unspecified atom stereocenters. The molecule has 0 radical (unpaired) electrons. The Morgan fingerprint density at radius 3 is 2.09 bits per heavy atom. The third-order valence-corrected chi connectivity index (χ3v) is 4.46. The van der Waals surface area contributed by atoms with Gasteiger partial charge in [0.25, 0.3) is 0 Å². The molecule has 3 aromatic carbocycles. The largest absolute Gasteiger partial charge is 0.486 e. The third kappa shape index (κ3) is 6.53. The van der Waals surface area contributed by atoms with E-state index in [4.69, 9.17) is 14.6 Å². The molecule has 1 N–H and O–H groups in total. The summed E-state index contributed by atoms with van der Waals surface area (Å²) in [6, 6.07) is 12.2. The highest BCUT2D eigenvalue weighted by Gasteiger charge is 2.32. The minimum absolute atomic E-state index is 0.0739. The van der Waals surface area contributed by atoms with Crippen LogP contribution in [0.1, 0.15) is 27.0 Å². The Labute approximate surface area is 189 Å². The molecule has 0 fully saturated rings. The summed E-state index contributed by atoms with van der Waals surface area (Å²) in [6.07, 6.45) is -6.24. The van der Waals surface area contributed by atoms with Crippen LogP contribution in [0.2, 0.25) is 0 Å². The van der Waals surface area contributed by atoms with Crippen LogP contribution >= 0.6 is 0 Å². The van der Waals surface area contributed by atoms with E-state index in [0.717, 1.165) is 30.3 Å². The average molecular weight is 482 g/mol. The Morgan fingerprint density at radius 2 is 1.47 bits per heavy atom. The topological polar surface area (TPSA) is 55.8 Å². The zero-order valence-corrected chi connectivity index (χ0v) is 17.2. The molecule has 0 heterocycles. The fraction of sp³-hybridized carbons (Fsp3) is 0.125. The van der Waals surface area contributed by atoms with E-state index in [-0.39, 0.29) is 29.4 Å². The maximum absolute atomic E-state index is 13.1. The van der Waals surface area contributed by atoms with Gasteiger partial charge in [-0.05, 0) is 60.2 Å². The van der Waals surface area contributed by atoms with E-state index >= 15 is 0 Å². The molecule has 0 aliphatic heterocycles. The van der Waals surface area contributed by atoms with Crippen molar-refractivity contribution in [1.82, 2.24) is 0 Å². The zero-order chi connectivity index (χ0) is 24.9. The zero-order valence-electron chi connectivity index (χ0n) is 17.2. The number of aromatic carboxylic acids is 1. The Hall–Kier alpha value is -3.95. The van der Waals surface area contributed by atoms with Crippen molar-refractivity contribution in [3.8, 4) is 17.2 Å². The lowest BCUT2D eigenvalue weighted by Crippen LogP contribution is -2.06. The maximum atomic E-state index is 13.1. The Morgan fingerprint density at radius 1 is 0.824 bits per heavy atom. The first-order chi connectivity index (χ1) is 15.9. The van der Waals surface area contributed by atoms with E-state index in [9.17, 15) is 31.1 Å². The molecule has 0 amide bonds. The van der Waals surface area contributed by atoms with Crippen LogP contribution in [0.25, 0.3) is 6.08 Å². The molecule has 0 saturated heterocycles. The molecule has 0 atom stereocenters. The van der Waals surface area contributed by atoms with E-state index < -0.39 is 29.4 Å². The van der Waals surface area contributed by atoms with Crippen molar-refractivity contribution in [3.05, 3.63) is 95.1 Å². The number of hydrogen-bond acceptors (Lipinski definition) is 3. The highest BCUT2D eigenvalue weighted by atomic mass is 19.4. The average Bonchev–Trinajstić information content (AvgIpc) is 2.77. The number of carboxylic acids is 1. The van der Waals surface area contributed by atoms with Gasteiger partial charge in [0.05, 0.1) is 16.7 Å². The van der Waals surface area contributed by atoms with Gasteiger partial charge in [0.1, 0.15) is 12.4 Å². The van der Waals surface area contributed by atoms with Crippen LogP contribution in [0, 0.1) is 0 Å². The summed E-state index contributed by atoms with van der Waals surface area (Å²) in [5, 5.41) is 9.08. The summed E-state index contributed by atoms with van der Waals surface area (Å²) in [7, 11) is 0. The Bertz CT molecular complexity index is 1180. The summed E-state index contributed by atoms with van der Waals surface area (Å²) >= 11 is 0. The monoisotopic (exact) mass is 482 g/mol. The van der Waals surface area contributed by atoms with E-state index in [2.05, 4.69) is 0 Å². The van der Waals surface area contributed by atoms with Crippen molar-refractivity contribution in [2.45, 2.75) is 12.4 Å². The van der Waals surface area contributed by atoms with Crippen molar-refractivity contribution in [2.75, 3.05) is 6.61 Å². The quantitative estimate of drug-likeness (QED) is 0.359. The third-order valence-electron chi connectivity index (χ3n) is 4.46. The van der Waals surface area contributed by atoms with E-state index in [0.29, 0.717) is 5.56 Å². The van der Waals surface area contributed by atoms with Crippen molar-refractivity contribution < 1.29 is 45.7 Å². The van der Waals surface area contributed by atoms with Crippen LogP contribution < -0.4 is 9.47 Å². The number of alkyl halides is 6. The van der Waals surface area contributed by atoms with Gasteiger partial charge in [-0.25, -0.2) is 4.79 Å². The van der Waals surface area contributed by atoms with Gasteiger partial charge in [-0.15, -0.1) is 0 Å². The van der Waals surface area contributed by atoms with E-state index in [1.54, 1.807) is 0 Å². The number of benzene rings is 3. The fourth-order valence-electron chi connectivity index (χ4n) is 2.81. The molecule has 0 spiro atoms. The summed E-state index contributed by atoms with van der Waals surface area (Å²) in [4.78, 5) is 11.1. The number of ether oxygens (including phenoxy) is 2. The summed E-state index contributed by atoms with van der Waals surface area (Å²) in [5.41, 5.74) is -1.44. The van der Waals surface area contributed by atoms with Gasteiger partial charge in [-0.1, -0.05) is 24.3 Å². The maximum Gasteiger partial charge on any atom is 0.416 e. The standard InChI is InChI=1S/C24H16F6O4/c25-23(26,27)17-8-6-15(7-9-17)3-2-12-33-21-14-18(24(28,29)30)10-11-20(21)34-19-5-1-4-16(13-19)22(31)32/h1-11,13-14H,12H2,(H,31,32)/b3-2+. The van der Waals surface area contributed by atoms with Crippen molar-refractivity contribution in [2.24, 2.45) is 0 Å². The SMILES string of the molecule is O=C(O)c1cccc(Oc2ccc(C(F)(F)F)cc2OC/C=C/c2ccc(C(F)(F)F)cc2)c1. The first-order valence-corrected chi connectivity index (χ1v) is 9.62. The van der Waals surface area contributed by atoms with Gasteiger partial charge in [-0.2, -0.15) is 26.3 Å². The highest BCUT2D eigenvalue weighted by Crippen LogP contribution is 2.38. The summed E-state index contributed by atoms with van der Waals surface area (Å²) in [5.74, 6) is -1.47. The lowest BCUT2D eigenvalue weighted by Gasteiger charge is -2.15. The molecule has 3 aromatic rings.